The van der Waals surface area contributed by atoms with Crippen molar-refractivity contribution in [2.45, 2.75) is 40.3 Å². The first-order valence-corrected chi connectivity index (χ1v) is 5.51. The quantitative estimate of drug-likeness (QED) is 0.463. The minimum Gasteiger partial charge on any atom is -0.453 e. The largest absolute Gasteiger partial charge is 0.453 e. The van der Waals surface area contributed by atoms with Gasteiger partial charge in [-0.2, -0.15) is 0 Å². The van der Waals surface area contributed by atoms with Gasteiger partial charge in [0.15, 0.2) is 0 Å². The Morgan fingerprint density at radius 3 is 0.833 bits per heavy atom. The smallest absolute Gasteiger partial charge is 0.315 e. The third-order valence-corrected chi connectivity index (χ3v) is 1.49. The van der Waals surface area contributed by atoms with Gasteiger partial charge in [0.05, 0.1) is 23.0 Å². The van der Waals surface area contributed by atoms with E-state index >= 15 is 0 Å². The molecule has 0 amide bonds. The Labute approximate surface area is 109 Å². The Morgan fingerprint density at radius 1 is 0.556 bits per heavy atom. The van der Waals surface area contributed by atoms with Crippen molar-refractivity contribution in [1.82, 2.24) is 0 Å². The third-order valence-electron chi connectivity index (χ3n) is 1.49. The molecule has 102 valence electrons. The second-order valence-electron chi connectivity index (χ2n) is 4.02. The van der Waals surface area contributed by atoms with Crippen molar-refractivity contribution >= 4 is 0 Å². The molecular weight excluding hydrogens is 232 g/mol. The summed E-state index contributed by atoms with van der Waals surface area (Å²) in [6, 6.07) is 0. The highest BCUT2D eigenvalue weighted by Crippen LogP contribution is 2.18. The van der Waals surface area contributed by atoms with Gasteiger partial charge in [0, 0.05) is 0 Å². The highest BCUT2D eigenvalue weighted by molar-refractivity contribution is 4.85. The summed E-state index contributed by atoms with van der Waals surface area (Å²) in [4.78, 5) is 0. The molecule has 0 spiro atoms. The average Bonchev–Trinajstić information content (AvgIpc) is 2.12. The minimum absolute atomic E-state index is 0.474. The van der Waals surface area contributed by atoms with Crippen LogP contribution in [0, 0.1) is 0 Å². The molecule has 0 radical (unpaired) electrons. The third kappa shape index (κ3) is 7.44. The molecule has 0 bridgehead atoms. The zero-order valence-corrected chi connectivity index (χ0v) is 11.6. The molecule has 0 rings (SSSR count). The van der Waals surface area contributed by atoms with E-state index in [0.29, 0.717) is 23.0 Å². The van der Waals surface area contributed by atoms with Crippen LogP contribution in [0.15, 0.2) is 49.4 Å². The maximum atomic E-state index is 5.42. The maximum Gasteiger partial charge on any atom is 0.315 e. The second-order valence-corrected chi connectivity index (χ2v) is 4.02. The predicted molar refractivity (Wildman–Crippen MR) is 71.2 cm³/mol. The SMILES string of the molecule is C=C(C)OC(OC(=C)C)C(OC(=C)C)OC(=C)C. The monoisotopic (exact) mass is 254 g/mol. The predicted octanol–water partition coefficient (Wildman–Crippen LogP) is 3.84. The Hall–Kier alpha value is -1.84. The number of hydrogen-bond donors (Lipinski definition) is 0. The lowest BCUT2D eigenvalue weighted by Crippen LogP contribution is -2.35. The van der Waals surface area contributed by atoms with Crippen LogP contribution < -0.4 is 0 Å². The van der Waals surface area contributed by atoms with Crippen molar-refractivity contribution in [3.05, 3.63) is 49.4 Å². The molecule has 0 aliphatic carbocycles. The van der Waals surface area contributed by atoms with E-state index in [1.165, 1.54) is 0 Å². The van der Waals surface area contributed by atoms with Gasteiger partial charge in [0.1, 0.15) is 0 Å². The van der Waals surface area contributed by atoms with Gasteiger partial charge in [-0.1, -0.05) is 26.3 Å². The van der Waals surface area contributed by atoms with Crippen LogP contribution in [0.4, 0.5) is 0 Å². The van der Waals surface area contributed by atoms with Crippen molar-refractivity contribution in [3.63, 3.8) is 0 Å². The summed E-state index contributed by atoms with van der Waals surface area (Å²) in [6.07, 6.45) is -1.65. The van der Waals surface area contributed by atoms with Gasteiger partial charge in [0.2, 0.25) is 0 Å². The highest BCUT2D eigenvalue weighted by atomic mass is 16.8. The summed E-state index contributed by atoms with van der Waals surface area (Å²) >= 11 is 0. The van der Waals surface area contributed by atoms with E-state index < -0.39 is 12.6 Å². The second kappa shape index (κ2) is 7.48. The first-order valence-electron chi connectivity index (χ1n) is 5.51. The molecule has 0 aliphatic heterocycles. The molecule has 0 heterocycles. The van der Waals surface area contributed by atoms with Crippen molar-refractivity contribution in [2.75, 3.05) is 0 Å². The van der Waals surface area contributed by atoms with Gasteiger partial charge >= 0.3 is 12.6 Å². The van der Waals surface area contributed by atoms with Crippen LogP contribution in [0.25, 0.3) is 0 Å². The lowest BCUT2D eigenvalue weighted by atomic mass is 10.5. The van der Waals surface area contributed by atoms with Gasteiger partial charge in [-0.15, -0.1) is 0 Å². The highest BCUT2D eigenvalue weighted by Gasteiger charge is 2.28. The molecule has 4 heteroatoms. The topological polar surface area (TPSA) is 36.9 Å². The normalized spacial score (nSPS) is 9.89. The van der Waals surface area contributed by atoms with E-state index in [-0.39, 0.29) is 0 Å². The fourth-order valence-electron chi connectivity index (χ4n) is 1.06. The summed E-state index contributed by atoms with van der Waals surface area (Å²) in [5.41, 5.74) is 0. The zero-order valence-electron chi connectivity index (χ0n) is 11.6. The zero-order chi connectivity index (χ0) is 14.3. The van der Waals surface area contributed by atoms with Gasteiger partial charge in [-0.25, -0.2) is 0 Å². The number of ether oxygens (including phenoxy) is 4. The van der Waals surface area contributed by atoms with Crippen LogP contribution in [0.5, 0.6) is 0 Å². The van der Waals surface area contributed by atoms with Crippen molar-refractivity contribution < 1.29 is 18.9 Å². The molecule has 0 atom stereocenters. The van der Waals surface area contributed by atoms with E-state index in [9.17, 15) is 0 Å². The van der Waals surface area contributed by atoms with Crippen LogP contribution in [-0.2, 0) is 18.9 Å². The van der Waals surface area contributed by atoms with Crippen LogP contribution in [0.2, 0.25) is 0 Å². The van der Waals surface area contributed by atoms with Crippen LogP contribution in [-0.4, -0.2) is 12.6 Å². The molecule has 0 unspecified atom stereocenters. The summed E-state index contributed by atoms with van der Waals surface area (Å²) in [6.45, 7) is 21.4. The Morgan fingerprint density at radius 2 is 0.722 bits per heavy atom. The molecule has 0 aromatic carbocycles. The van der Waals surface area contributed by atoms with E-state index in [0.717, 1.165) is 0 Å². The van der Waals surface area contributed by atoms with Crippen LogP contribution in [0.3, 0.4) is 0 Å². The van der Waals surface area contributed by atoms with Gasteiger partial charge in [-0.05, 0) is 27.7 Å². The van der Waals surface area contributed by atoms with E-state index in [2.05, 4.69) is 26.3 Å². The average molecular weight is 254 g/mol. The van der Waals surface area contributed by atoms with Crippen molar-refractivity contribution in [3.8, 4) is 0 Å². The molecule has 0 fully saturated rings. The lowest BCUT2D eigenvalue weighted by molar-refractivity contribution is -0.237. The van der Waals surface area contributed by atoms with Crippen molar-refractivity contribution in [1.29, 1.82) is 0 Å². The molecule has 0 aromatic heterocycles. The standard InChI is InChI=1S/C14H22O4/c1-9(2)15-13(16-10(3)4)14(17-11(5)6)18-12(7)8/h13-14H,1,3,5,7H2,2,4,6,8H3. The fourth-order valence-corrected chi connectivity index (χ4v) is 1.06. The van der Waals surface area contributed by atoms with Gasteiger partial charge in [0.25, 0.3) is 0 Å². The first-order chi connectivity index (χ1) is 8.22. The molecule has 0 aliphatic rings. The molecule has 18 heavy (non-hydrogen) atoms. The molecule has 0 aromatic rings. The molecule has 4 nitrogen and oxygen atoms in total. The Balaban J connectivity index is 4.90. The fraction of sp³-hybridized carbons (Fsp3) is 0.429. The lowest BCUT2D eigenvalue weighted by Gasteiger charge is -2.28. The van der Waals surface area contributed by atoms with E-state index in [1.807, 2.05) is 0 Å². The Kier molecular flexibility index (Phi) is 6.71. The minimum atomic E-state index is -0.826. The number of rotatable bonds is 9. The van der Waals surface area contributed by atoms with Gasteiger partial charge in [-0.3, -0.25) is 0 Å². The molecular formula is C14H22O4. The van der Waals surface area contributed by atoms with Gasteiger partial charge < -0.3 is 18.9 Å². The number of hydrogen-bond acceptors (Lipinski definition) is 4. The first kappa shape index (κ1) is 16.2. The van der Waals surface area contributed by atoms with Crippen molar-refractivity contribution in [2.24, 2.45) is 0 Å². The molecule has 0 saturated carbocycles. The van der Waals surface area contributed by atoms with Crippen LogP contribution in [0.1, 0.15) is 27.7 Å². The number of allylic oxidation sites excluding steroid dienone is 4. The summed E-state index contributed by atoms with van der Waals surface area (Å²) in [5.74, 6) is 1.90. The van der Waals surface area contributed by atoms with E-state index in [1.54, 1.807) is 27.7 Å². The Bertz CT molecular complexity index is 278. The molecule has 0 saturated heterocycles. The maximum absolute atomic E-state index is 5.42. The van der Waals surface area contributed by atoms with Crippen LogP contribution >= 0.6 is 0 Å². The van der Waals surface area contributed by atoms with E-state index in [4.69, 9.17) is 18.9 Å². The molecule has 0 N–H and O–H groups in total. The summed E-state index contributed by atoms with van der Waals surface area (Å²) < 4.78 is 21.7. The summed E-state index contributed by atoms with van der Waals surface area (Å²) in [7, 11) is 0. The summed E-state index contributed by atoms with van der Waals surface area (Å²) in [5, 5.41) is 0.